The summed E-state index contributed by atoms with van der Waals surface area (Å²) in [5.41, 5.74) is 1.95. The second-order valence-electron chi connectivity index (χ2n) is 5.26. The van der Waals surface area contributed by atoms with E-state index >= 15 is 0 Å². The quantitative estimate of drug-likeness (QED) is 0.794. The van der Waals surface area contributed by atoms with Crippen molar-refractivity contribution in [1.29, 1.82) is 0 Å². The van der Waals surface area contributed by atoms with Crippen molar-refractivity contribution in [3.63, 3.8) is 0 Å². The third-order valence-electron chi connectivity index (χ3n) is 3.11. The SMILES string of the molecule is CCCCc1ccc(C(=O)NC(C)CC(C)O)cc1. The highest BCUT2D eigenvalue weighted by atomic mass is 16.3. The van der Waals surface area contributed by atoms with Gasteiger partial charge < -0.3 is 10.4 Å². The Morgan fingerprint density at radius 1 is 1.26 bits per heavy atom. The van der Waals surface area contributed by atoms with Crippen molar-refractivity contribution >= 4 is 5.91 Å². The maximum Gasteiger partial charge on any atom is 0.251 e. The summed E-state index contributed by atoms with van der Waals surface area (Å²) < 4.78 is 0. The van der Waals surface area contributed by atoms with E-state index in [1.807, 2.05) is 31.2 Å². The molecule has 3 nitrogen and oxygen atoms in total. The zero-order valence-electron chi connectivity index (χ0n) is 12.1. The number of amides is 1. The number of aryl methyl sites for hydroxylation is 1. The number of aliphatic hydroxyl groups excluding tert-OH is 1. The van der Waals surface area contributed by atoms with Gasteiger partial charge in [-0.3, -0.25) is 4.79 Å². The van der Waals surface area contributed by atoms with E-state index in [1.54, 1.807) is 6.92 Å². The molecule has 2 atom stereocenters. The van der Waals surface area contributed by atoms with Gasteiger partial charge in [0.25, 0.3) is 5.91 Å². The minimum Gasteiger partial charge on any atom is -0.393 e. The molecule has 0 aliphatic carbocycles. The minimum atomic E-state index is -0.397. The van der Waals surface area contributed by atoms with E-state index in [0.717, 1.165) is 6.42 Å². The van der Waals surface area contributed by atoms with Gasteiger partial charge in [-0.1, -0.05) is 25.5 Å². The summed E-state index contributed by atoms with van der Waals surface area (Å²) in [6.07, 6.45) is 3.60. The Labute approximate surface area is 116 Å². The summed E-state index contributed by atoms with van der Waals surface area (Å²) >= 11 is 0. The molecule has 0 aliphatic rings. The Morgan fingerprint density at radius 3 is 2.42 bits per heavy atom. The number of hydrogen-bond donors (Lipinski definition) is 2. The van der Waals surface area contributed by atoms with Crippen molar-refractivity contribution in [2.45, 2.75) is 58.6 Å². The van der Waals surface area contributed by atoms with Crippen LogP contribution in [0, 0.1) is 0 Å². The number of carbonyl (C=O) groups excluding carboxylic acids is 1. The normalized spacial score (nSPS) is 13.9. The Kier molecular flexibility index (Phi) is 6.57. The van der Waals surface area contributed by atoms with Crippen LogP contribution in [0.15, 0.2) is 24.3 Å². The summed E-state index contributed by atoms with van der Waals surface area (Å²) in [6, 6.07) is 7.76. The molecule has 0 radical (unpaired) electrons. The third kappa shape index (κ3) is 5.88. The van der Waals surface area contributed by atoms with E-state index in [9.17, 15) is 9.90 Å². The summed E-state index contributed by atoms with van der Waals surface area (Å²) in [7, 11) is 0. The molecule has 19 heavy (non-hydrogen) atoms. The van der Waals surface area contributed by atoms with E-state index in [4.69, 9.17) is 0 Å². The predicted octanol–water partition coefficient (Wildman–Crippen LogP) is 2.92. The maximum absolute atomic E-state index is 12.0. The minimum absolute atomic E-state index is 0.0210. The average molecular weight is 263 g/mol. The molecular weight excluding hydrogens is 238 g/mol. The van der Waals surface area contributed by atoms with Crippen LogP contribution >= 0.6 is 0 Å². The van der Waals surface area contributed by atoms with Crippen molar-refractivity contribution in [2.75, 3.05) is 0 Å². The number of nitrogens with one attached hydrogen (secondary N) is 1. The average Bonchev–Trinajstić information content (AvgIpc) is 2.35. The van der Waals surface area contributed by atoms with E-state index < -0.39 is 6.10 Å². The van der Waals surface area contributed by atoms with Crippen molar-refractivity contribution in [3.05, 3.63) is 35.4 Å². The molecule has 1 rings (SSSR count). The molecule has 3 heteroatoms. The van der Waals surface area contributed by atoms with Crippen LogP contribution in [0.1, 0.15) is 56.0 Å². The summed E-state index contributed by atoms with van der Waals surface area (Å²) in [6.45, 7) is 5.80. The van der Waals surface area contributed by atoms with Gasteiger partial charge in [0.2, 0.25) is 0 Å². The zero-order valence-corrected chi connectivity index (χ0v) is 12.1. The second-order valence-corrected chi connectivity index (χ2v) is 5.26. The summed E-state index contributed by atoms with van der Waals surface area (Å²) in [5, 5.41) is 12.2. The van der Waals surface area contributed by atoms with Crippen LogP contribution in [0.3, 0.4) is 0 Å². The van der Waals surface area contributed by atoms with Crippen LogP contribution in [-0.2, 0) is 6.42 Å². The van der Waals surface area contributed by atoms with Gasteiger partial charge in [0, 0.05) is 11.6 Å². The Morgan fingerprint density at radius 2 is 1.89 bits per heavy atom. The maximum atomic E-state index is 12.0. The predicted molar refractivity (Wildman–Crippen MR) is 78.3 cm³/mol. The standard InChI is InChI=1S/C16H25NO2/c1-4-5-6-14-7-9-15(10-8-14)16(19)17-12(2)11-13(3)18/h7-10,12-13,18H,4-6,11H2,1-3H3,(H,17,19). The van der Waals surface area contributed by atoms with Gasteiger partial charge in [-0.15, -0.1) is 0 Å². The smallest absolute Gasteiger partial charge is 0.251 e. The molecule has 2 unspecified atom stereocenters. The van der Waals surface area contributed by atoms with Crippen LogP contribution in [0.25, 0.3) is 0 Å². The van der Waals surface area contributed by atoms with Crippen molar-refractivity contribution in [3.8, 4) is 0 Å². The lowest BCUT2D eigenvalue weighted by Gasteiger charge is -2.15. The lowest BCUT2D eigenvalue weighted by molar-refractivity contribution is 0.0923. The lowest BCUT2D eigenvalue weighted by atomic mass is 10.1. The van der Waals surface area contributed by atoms with E-state index in [-0.39, 0.29) is 11.9 Å². The summed E-state index contributed by atoms with van der Waals surface area (Å²) in [4.78, 5) is 12.0. The highest BCUT2D eigenvalue weighted by molar-refractivity contribution is 5.94. The number of rotatable bonds is 7. The molecular formula is C16H25NO2. The third-order valence-corrected chi connectivity index (χ3v) is 3.11. The van der Waals surface area contributed by atoms with Gasteiger partial charge in [-0.2, -0.15) is 0 Å². The van der Waals surface area contributed by atoms with Gasteiger partial charge >= 0.3 is 0 Å². The molecule has 2 N–H and O–H groups in total. The Balaban J connectivity index is 2.53. The fourth-order valence-electron chi connectivity index (χ4n) is 2.08. The number of carbonyl (C=O) groups is 1. The Bertz CT molecular complexity index is 384. The van der Waals surface area contributed by atoms with E-state index in [1.165, 1.54) is 18.4 Å². The van der Waals surface area contributed by atoms with Gasteiger partial charge in [-0.05, 0) is 50.8 Å². The molecule has 0 spiro atoms. The van der Waals surface area contributed by atoms with Gasteiger partial charge in [0.15, 0.2) is 0 Å². The van der Waals surface area contributed by atoms with Crippen LogP contribution in [0.2, 0.25) is 0 Å². The van der Waals surface area contributed by atoms with Gasteiger partial charge in [0.05, 0.1) is 6.10 Å². The summed E-state index contributed by atoms with van der Waals surface area (Å²) in [5.74, 6) is -0.0739. The fraction of sp³-hybridized carbons (Fsp3) is 0.562. The highest BCUT2D eigenvalue weighted by Gasteiger charge is 2.11. The molecule has 1 aromatic rings. The molecule has 0 fully saturated rings. The van der Waals surface area contributed by atoms with Crippen LogP contribution in [0.5, 0.6) is 0 Å². The monoisotopic (exact) mass is 263 g/mol. The van der Waals surface area contributed by atoms with Crippen LogP contribution in [-0.4, -0.2) is 23.2 Å². The van der Waals surface area contributed by atoms with Crippen LogP contribution < -0.4 is 5.32 Å². The largest absolute Gasteiger partial charge is 0.393 e. The molecule has 106 valence electrons. The van der Waals surface area contributed by atoms with Gasteiger partial charge in [-0.25, -0.2) is 0 Å². The highest BCUT2D eigenvalue weighted by Crippen LogP contribution is 2.08. The first-order valence-corrected chi connectivity index (χ1v) is 7.10. The molecule has 0 saturated heterocycles. The lowest BCUT2D eigenvalue weighted by Crippen LogP contribution is -2.34. The molecule has 0 bridgehead atoms. The first-order valence-electron chi connectivity index (χ1n) is 7.10. The topological polar surface area (TPSA) is 49.3 Å². The molecule has 0 aliphatic heterocycles. The number of unbranched alkanes of at least 4 members (excludes halogenated alkanes) is 1. The van der Waals surface area contributed by atoms with Crippen molar-refractivity contribution in [2.24, 2.45) is 0 Å². The molecule has 0 heterocycles. The Hall–Kier alpha value is -1.35. The first-order chi connectivity index (χ1) is 9.02. The molecule has 0 saturated carbocycles. The van der Waals surface area contributed by atoms with Crippen molar-refractivity contribution in [1.82, 2.24) is 5.32 Å². The molecule has 0 aromatic heterocycles. The number of hydrogen-bond acceptors (Lipinski definition) is 2. The molecule has 1 aromatic carbocycles. The number of aliphatic hydroxyl groups is 1. The first kappa shape index (κ1) is 15.7. The van der Waals surface area contributed by atoms with Crippen molar-refractivity contribution < 1.29 is 9.90 Å². The number of benzene rings is 1. The van der Waals surface area contributed by atoms with E-state index in [0.29, 0.717) is 12.0 Å². The molecule has 1 amide bonds. The van der Waals surface area contributed by atoms with E-state index in [2.05, 4.69) is 12.2 Å². The van der Waals surface area contributed by atoms with Gasteiger partial charge in [0.1, 0.15) is 0 Å². The van der Waals surface area contributed by atoms with Crippen LogP contribution in [0.4, 0.5) is 0 Å². The fourth-order valence-corrected chi connectivity index (χ4v) is 2.08. The zero-order chi connectivity index (χ0) is 14.3. The second kappa shape index (κ2) is 7.95.